The van der Waals surface area contributed by atoms with Crippen LogP contribution in [0.15, 0.2) is 60.2 Å². The van der Waals surface area contributed by atoms with Gasteiger partial charge in [-0.2, -0.15) is 0 Å². The number of halogens is 2. The second-order valence-corrected chi connectivity index (χ2v) is 10.4. The second kappa shape index (κ2) is 11.0. The van der Waals surface area contributed by atoms with Crippen molar-refractivity contribution in [3.8, 4) is 0 Å². The summed E-state index contributed by atoms with van der Waals surface area (Å²) in [5, 5.41) is 9.58. The van der Waals surface area contributed by atoms with Gasteiger partial charge >= 0.3 is 5.97 Å². The van der Waals surface area contributed by atoms with E-state index in [0.717, 1.165) is 77.9 Å². The fraction of sp³-hybridized carbons (Fsp3) is 0.303. The molecule has 0 atom stereocenters. The fourth-order valence-electron chi connectivity index (χ4n) is 5.68. The first-order valence-electron chi connectivity index (χ1n) is 13.3. The zero-order valence-corrected chi connectivity index (χ0v) is 22.0. The lowest BCUT2D eigenvalue weighted by atomic mass is 9.85. The summed E-state index contributed by atoms with van der Waals surface area (Å²) < 4.78 is 26.8. The molecule has 0 amide bonds. The summed E-state index contributed by atoms with van der Waals surface area (Å²) in [7, 11) is 0. The number of rotatable bonds is 7. The van der Waals surface area contributed by atoms with Crippen LogP contribution in [-0.4, -0.2) is 42.3 Å². The smallest absolute Gasteiger partial charge is 0.335 e. The number of nitrogens with zero attached hydrogens (tertiary/aromatic N) is 1. The molecule has 38 heavy (non-hydrogen) atoms. The van der Waals surface area contributed by atoms with Crippen LogP contribution >= 0.6 is 0 Å². The molecule has 1 saturated heterocycles. The number of fused-ring (bicyclic) bond motifs is 1. The maximum atomic E-state index is 14.4. The number of alkyl halides is 1. The predicted molar refractivity (Wildman–Crippen MR) is 150 cm³/mol. The van der Waals surface area contributed by atoms with Gasteiger partial charge in [-0.05, 0) is 113 Å². The number of likely N-dealkylation sites (tertiary alicyclic amines) is 1. The van der Waals surface area contributed by atoms with Crippen LogP contribution in [0.5, 0.6) is 0 Å². The third-order valence-electron chi connectivity index (χ3n) is 7.87. The predicted octanol–water partition coefficient (Wildman–Crippen LogP) is 7.49. The van der Waals surface area contributed by atoms with Crippen LogP contribution in [0.2, 0.25) is 0 Å². The van der Waals surface area contributed by atoms with E-state index in [4.69, 9.17) is 0 Å². The monoisotopic (exact) mass is 513 g/mol. The molecule has 2 aliphatic rings. The van der Waals surface area contributed by atoms with Gasteiger partial charge in [-0.25, -0.2) is 9.18 Å². The van der Waals surface area contributed by atoms with Gasteiger partial charge in [0.15, 0.2) is 0 Å². The van der Waals surface area contributed by atoms with Crippen LogP contribution in [0, 0.1) is 19.7 Å². The van der Waals surface area contributed by atoms with E-state index >= 15 is 0 Å². The SMILES string of the molecule is Cc1c(F)ccc(C2=C(c3ccc(C=C4CN(CCCF)C4)cc3)c3ccc(C(=O)O)cc3CCC2)c1C. The number of carboxylic acids is 1. The zero-order valence-electron chi connectivity index (χ0n) is 22.0. The molecule has 5 rings (SSSR count). The van der Waals surface area contributed by atoms with Crippen LogP contribution in [0.1, 0.15) is 68.6 Å². The molecule has 1 aliphatic carbocycles. The Morgan fingerprint density at radius 1 is 0.974 bits per heavy atom. The molecule has 0 aromatic heterocycles. The van der Waals surface area contributed by atoms with Gasteiger partial charge < -0.3 is 5.11 Å². The maximum absolute atomic E-state index is 14.4. The minimum Gasteiger partial charge on any atom is -0.478 e. The summed E-state index contributed by atoms with van der Waals surface area (Å²) in [4.78, 5) is 13.9. The quantitative estimate of drug-likeness (QED) is 0.356. The summed E-state index contributed by atoms with van der Waals surface area (Å²) in [5.41, 5.74) is 10.8. The van der Waals surface area contributed by atoms with Crippen LogP contribution in [0.4, 0.5) is 8.78 Å². The molecule has 0 spiro atoms. The average Bonchev–Trinajstić information content (AvgIpc) is 3.08. The maximum Gasteiger partial charge on any atom is 0.335 e. The molecule has 0 unspecified atom stereocenters. The first-order valence-corrected chi connectivity index (χ1v) is 13.3. The standard InChI is InChI=1S/C33H33F2NO2/c1-21-22(2)31(35)14-13-28(21)30-6-3-5-26-18-27(33(37)38)11-12-29(26)32(30)25-9-7-23(8-10-25)17-24-19-36(20-24)16-4-15-34/h7-14,17-18H,3-6,15-16,19-20H2,1-2H3,(H,37,38). The van der Waals surface area contributed by atoms with Gasteiger partial charge in [0.1, 0.15) is 5.82 Å². The number of hydrogen-bond donors (Lipinski definition) is 1. The lowest BCUT2D eigenvalue weighted by Crippen LogP contribution is -2.40. The van der Waals surface area contributed by atoms with Crippen molar-refractivity contribution in [2.75, 3.05) is 26.3 Å². The summed E-state index contributed by atoms with van der Waals surface area (Å²) in [6.45, 7) is 6.10. The number of carboxylic acid groups (broad SMARTS) is 1. The van der Waals surface area contributed by atoms with Gasteiger partial charge in [-0.1, -0.05) is 42.5 Å². The summed E-state index contributed by atoms with van der Waals surface area (Å²) in [6, 6.07) is 17.3. The summed E-state index contributed by atoms with van der Waals surface area (Å²) >= 11 is 0. The normalized spacial score (nSPS) is 15.6. The number of hydrogen-bond acceptors (Lipinski definition) is 2. The molecule has 1 N–H and O–H groups in total. The number of aromatic carboxylic acids is 1. The Balaban J connectivity index is 1.57. The molecule has 1 aliphatic heterocycles. The molecule has 3 aromatic carbocycles. The number of allylic oxidation sites excluding steroid dienone is 1. The third-order valence-corrected chi connectivity index (χ3v) is 7.87. The van der Waals surface area contributed by atoms with Crippen molar-refractivity contribution >= 4 is 23.2 Å². The molecule has 1 fully saturated rings. The van der Waals surface area contributed by atoms with E-state index in [9.17, 15) is 18.7 Å². The second-order valence-electron chi connectivity index (χ2n) is 10.4. The minimum atomic E-state index is -0.926. The van der Waals surface area contributed by atoms with Crippen LogP contribution in [0.25, 0.3) is 17.2 Å². The van der Waals surface area contributed by atoms with Gasteiger partial charge in [-0.15, -0.1) is 0 Å². The number of benzene rings is 3. The number of aryl methyl sites for hydroxylation is 1. The van der Waals surface area contributed by atoms with Gasteiger partial charge in [0.25, 0.3) is 0 Å². The van der Waals surface area contributed by atoms with Crippen LogP contribution in [0.3, 0.4) is 0 Å². The Morgan fingerprint density at radius 2 is 1.71 bits per heavy atom. The minimum absolute atomic E-state index is 0.204. The van der Waals surface area contributed by atoms with Crippen molar-refractivity contribution in [2.24, 2.45) is 0 Å². The molecule has 0 saturated carbocycles. The first-order chi connectivity index (χ1) is 18.4. The largest absolute Gasteiger partial charge is 0.478 e. The highest BCUT2D eigenvalue weighted by molar-refractivity contribution is 6.01. The van der Waals surface area contributed by atoms with E-state index in [2.05, 4.69) is 35.2 Å². The lowest BCUT2D eigenvalue weighted by Gasteiger charge is -2.33. The van der Waals surface area contributed by atoms with E-state index in [1.165, 1.54) is 11.1 Å². The highest BCUT2D eigenvalue weighted by Gasteiger charge is 2.23. The number of carbonyl (C=O) groups is 1. The highest BCUT2D eigenvalue weighted by Crippen LogP contribution is 2.41. The van der Waals surface area contributed by atoms with E-state index in [-0.39, 0.29) is 12.5 Å². The van der Waals surface area contributed by atoms with Gasteiger partial charge in [-0.3, -0.25) is 9.29 Å². The van der Waals surface area contributed by atoms with E-state index < -0.39 is 5.97 Å². The molecule has 0 bridgehead atoms. The van der Waals surface area contributed by atoms with Crippen molar-refractivity contribution in [2.45, 2.75) is 39.5 Å². The molecule has 3 aromatic rings. The van der Waals surface area contributed by atoms with Crippen molar-refractivity contribution in [1.82, 2.24) is 4.90 Å². The average molecular weight is 514 g/mol. The Hall–Kier alpha value is -3.57. The Morgan fingerprint density at radius 3 is 2.42 bits per heavy atom. The summed E-state index contributed by atoms with van der Waals surface area (Å²) in [6.07, 6.45) is 5.28. The van der Waals surface area contributed by atoms with E-state index in [1.54, 1.807) is 18.2 Å². The van der Waals surface area contributed by atoms with Crippen molar-refractivity contribution in [1.29, 1.82) is 0 Å². The Labute approximate surface area is 223 Å². The molecule has 196 valence electrons. The summed E-state index contributed by atoms with van der Waals surface area (Å²) in [5.74, 6) is -1.13. The van der Waals surface area contributed by atoms with Crippen molar-refractivity contribution in [3.05, 3.63) is 110 Å². The van der Waals surface area contributed by atoms with Crippen molar-refractivity contribution < 1.29 is 18.7 Å². The molecular formula is C33H33F2NO2. The molecular weight excluding hydrogens is 480 g/mol. The zero-order chi connectivity index (χ0) is 26.8. The Kier molecular flexibility index (Phi) is 7.57. The Bertz CT molecular complexity index is 1430. The van der Waals surface area contributed by atoms with E-state index in [0.29, 0.717) is 17.5 Å². The van der Waals surface area contributed by atoms with Crippen LogP contribution < -0.4 is 0 Å². The topological polar surface area (TPSA) is 40.5 Å². The molecule has 0 radical (unpaired) electrons. The molecule has 3 nitrogen and oxygen atoms in total. The molecule has 1 heterocycles. The van der Waals surface area contributed by atoms with Crippen molar-refractivity contribution in [3.63, 3.8) is 0 Å². The van der Waals surface area contributed by atoms with Gasteiger partial charge in [0.2, 0.25) is 0 Å². The van der Waals surface area contributed by atoms with E-state index in [1.807, 2.05) is 26.0 Å². The lowest BCUT2D eigenvalue weighted by molar-refractivity contribution is 0.0696. The first kappa shape index (κ1) is 26.1. The fourth-order valence-corrected chi connectivity index (χ4v) is 5.68. The highest BCUT2D eigenvalue weighted by atomic mass is 19.1. The van der Waals surface area contributed by atoms with Gasteiger partial charge in [0, 0.05) is 19.6 Å². The van der Waals surface area contributed by atoms with Gasteiger partial charge in [0.05, 0.1) is 12.2 Å². The molecule has 5 heteroatoms. The third kappa shape index (κ3) is 5.21. The van der Waals surface area contributed by atoms with Crippen LogP contribution in [-0.2, 0) is 6.42 Å².